The van der Waals surface area contributed by atoms with Gasteiger partial charge in [0.1, 0.15) is 23.7 Å². The maximum atomic E-state index is 14.2. The number of carbonyl (C=O) groups is 3. The number of aryl methyl sites for hydroxylation is 1. The van der Waals surface area contributed by atoms with E-state index in [9.17, 15) is 19.5 Å². The maximum Gasteiger partial charge on any atom is 0.308 e. The molecule has 2 aromatic carbocycles. The third-order valence-electron chi connectivity index (χ3n) is 7.81. The summed E-state index contributed by atoms with van der Waals surface area (Å²) in [5, 5.41) is 9.53. The molecule has 1 saturated heterocycles. The van der Waals surface area contributed by atoms with Crippen LogP contribution in [0.2, 0.25) is 0 Å². The van der Waals surface area contributed by atoms with Crippen LogP contribution in [0.3, 0.4) is 0 Å². The summed E-state index contributed by atoms with van der Waals surface area (Å²) in [4.78, 5) is 42.7. The fraction of sp³-hybridized carbons (Fsp3) is 0.531. The monoisotopic (exact) mass is 566 g/mol. The molecule has 2 aromatic rings. The molecule has 222 valence electrons. The van der Waals surface area contributed by atoms with E-state index >= 15 is 0 Å². The zero-order valence-electron chi connectivity index (χ0n) is 25.2. The third-order valence-corrected chi connectivity index (χ3v) is 7.81. The van der Waals surface area contributed by atoms with Gasteiger partial charge in [0.05, 0.1) is 26.6 Å². The van der Waals surface area contributed by atoms with Gasteiger partial charge in [0.15, 0.2) is 0 Å². The van der Waals surface area contributed by atoms with Crippen molar-refractivity contribution in [1.29, 1.82) is 0 Å². The van der Waals surface area contributed by atoms with Gasteiger partial charge >= 0.3 is 5.97 Å². The molecule has 2 amide bonds. The van der Waals surface area contributed by atoms with Crippen LogP contribution < -0.4 is 14.4 Å². The summed E-state index contributed by atoms with van der Waals surface area (Å²) < 4.78 is 18.0. The number of methoxy groups -OCH3 is 2. The Hall–Kier alpha value is -3.59. The molecule has 0 spiro atoms. The Morgan fingerprint density at radius 2 is 1.80 bits per heavy atom. The summed E-state index contributed by atoms with van der Waals surface area (Å²) in [6.45, 7) is 11.1. The highest BCUT2D eigenvalue weighted by Crippen LogP contribution is 2.45. The van der Waals surface area contributed by atoms with E-state index in [2.05, 4.69) is 20.8 Å². The Labute approximate surface area is 242 Å². The quantitative estimate of drug-likeness (QED) is 0.508. The van der Waals surface area contributed by atoms with Crippen LogP contribution >= 0.6 is 0 Å². The van der Waals surface area contributed by atoms with Gasteiger partial charge in [0.2, 0.25) is 5.91 Å². The number of likely N-dealkylation sites (tertiary alicyclic amines) is 1. The first-order valence-electron chi connectivity index (χ1n) is 14.1. The summed E-state index contributed by atoms with van der Waals surface area (Å²) in [6.07, 6.45) is -0.838. The van der Waals surface area contributed by atoms with Crippen molar-refractivity contribution in [3.63, 3.8) is 0 Å². The number of benzene rings is 2. The highest BCUT2D eigenvalue weighted by Gasteiger charge is 2.41. The smallest absolute Gasteiger partial charge is 0.308 e. The number of nitrogens with zero attached hydrogens (tertiary/aromatic N) is 2. The van der Waals surface area contributed by atoms with Crippen LogP contribution in [0.5, 0.6) is 11.5 Å². The van der Waals surface area contributed by atoms with Crippen molar-refractivity contribution >= 4 is 23.5 Å². The van der Waals surface area contributed by atoms with Gasteiger partial charge in [-0.1, -0.05) is 38.5 Å². The molecule has 2 aliphatic rings. The Morgan fingerprint density at radius 3 is 2.44 bits per heavy atom. The summed E-state index contributed by atoms with van der Waals surface area (Å²) in [7, 11) is 3.19. The van der Waals surface area contributed by atoms with E-state index in [-0.39, 0.29) is 30.2 Å². The number of aliphatic carboxylic acids is 1. The first-order chi connectivity index (χ1) is 19.3. The number of ether oxygens (including phenoxy) is 3. The van der Waals surface area contributed by atoms with E-state index in [1.165, 1.54) is 0 Å². The Kier molecular flexibility index (Phi) is 8.97. The Balaban J connectivity index is 1.82. The van der Waals surface area contributed by atoms with E-state index in [1.54, 1.807) is 24.0 Å². The number of carboxylic acids is 1. The molecule has 9 nitrogen and oxygen atoms in total. The molecular formula is C32H42N2O7. The molecule has 0 aliphatic carbocycles. The van der Waals surface area contributed by atoms with E-state index in [4.69, 9.17) is 14.2 Å². The second-order valence-corrected chi connectivity index (χ2v) is 12.3. The van der Waals surface area contributed by atoms with Crippen molar-refractivity contribution in [3.05, 3.63) is 52.6 Å². The molecule has 1 N–H and O–H groups in total. The molecule has 0 saturated carbocycles. The highest BCUT2D eigenvalue weighted by atomic mass is 16.5. The van der Waals surface area contributed by atoms with Gasteiger partial charge in [-0.2, -0.15) is 0 Å². The molecule has 1 fully saturated rings. The number of carboxylic acid groups (broad SMARTS) is 1. The fourth-order valence-corrected chi connectivity index (χ4v) is 5.82. The zero-order chi connectivity index (χ0) is 30.1. The minimum Gasteiger partial charge on any atom is -0.496 e. The van der Waals surface area contributed by atoms with E-state index in [1.807, 2.05) is 44.2 Å². The molecule has 2 heterocycles. The molecule has 2 aliphatic heterocycles. The van der Waals surface area contributed by atoms with Crippen molar-refractivity contribution in [2.45, 2.75) is 66.1 Å². The van der Waals surface area contributed by atoms with Gasteiger partial charge in [0, 0.05) is 42.0 Å². The molecule has 0 radical (unpaired) electrons. The second-order valence-electron chi connectivity index (χ2n) is 12.3. The zero-order valence-corrected chi connectivity index (χ0v) is 25.2. The molecule has 9 heteroatoms. The lowest BCUT2D eigenvalue weighted by Gasteiger charge is -2.33. The number of amides is 2. The molecule has 0 aromatic heterocycles. The average molecular weight is 567 g/mol. The van der Waals surface area contributed by atoms with Crippen LogP contribution in [0, 0.1) is 25.2 Å². The molecule has 4 rings (SSSR count). The van der Waals surface area contributed by atoms with Crippen LogP contribution in [0.4, 0.5) is 5.69 Å². The summed E-state index contributed by atoms with van der Waals surface area (Å²) in [5.41, 5.74) is 3.84. The predicted octanol–water partition coefficient (Wildman–Crippen LogP) is 4.90. The number of anilines is 1. The lowest BCUT2D eigenvalue weighted by Crippen LogP contribution is -2.47. The van der Waals surface area contributed by atoms with E-state index in [0.717, 1.165) is 27.9 Å². The van der Waals surface area contributed by atoms with Crippen LogP contribution in [0.25, 0.3) is 0 Å². The summed E-state index contributed by atoms with van der Waals surface area (Å²) in [5.74, 6) is -0.848. The van der Waals surface area contributed by atoms with Crippen molar-refractivity contribution in [2.75, 3.05) is 38.8 Å². The Bertz CT molecular complexity index is 1320. The van der Waals surface area contributed by atoms with Gasteiger partial charge in [0.25, 0.3) is 5.91 Å². The normalized spacial score (nSPS) is 21.2. The average Bonchev–Trinajstić information content (AvgIpc) is 3.02. The van der Waals surface area contributed by atoms with Crippen LogP contribution in [-0.2, 0) is 19.1 Å². The number of carbonyl (C=O) groups excluding carboxylic acids is 2. The second kappa shape index (κ2) is 12.1. The van der Waals surface area contributed by atoms with Gasteiger partial charge < -0.3 is 29.1 Å². The van der Waals surface area contributed by atoms with Gasteiger partial charge in [-0.25, -0.2) is 0 Å². The Morgan fingerprint density at radius 1 is 1.07 bits per heavy atom. The minimum absolute atomic E-state index is 0.134. The topological polar surface area (TPSA) is 106 Å². The van der Waals surface area contributed by atoms with E-state index in [0.29, 0.717) is 37.4 Å². The van der Waals surface area contributed by atoms with Crippen LogP contribution in [-0.4, -0.2) is 67.7 Å². The highest BCUT2D eigenvalue weighted by molar-refractivity contribution is 6.00. The van der Waals surface area contributed by atoms with Crippen molar-refractivity contribution < 1.29 is 33.7 Å². The molecule has 41 heavy (non-hydrogen) atoms. The lowest BCUT2D eigenvalue weighted by molar-refractivity contribution is -0.148. The van der Waals surface area contributed by atoms with Crippen LogP contribution in [0.15, 0.2) is 30.3 Å². The van der Waals surface area contributed by atoms with Gasteiger partial charge in [-0.05, 0) is 50.3 Å². The van der Waals surface area contributed by atoms with Gasteiger partial charge in [-0.15, -0.1) is 0 Å². The lowest BCUT2D eigenvalue weighted by atomic mass is 9.93. The van der Waals surface area contributed by atoms with E-state index < -0.39 is 24.1 Å². The van der Waals surface area contributed by atoms with Crippen molar-refractivity contribution in [1.82, 2.24) is 4.90 Å². The van der Waals surface area contributed by atoms with Crippen LogP contribution in [0.1, 0.15) is 68.4 Å². The third kappa shape index (κ3) is 6.50. The largest absolute Gasteiger partial charge is 0.496 e. The van der Waals surface area contributed by atoms with Crippen molar-refractivity contribution in [3.8, 4) is 11.5 Å². The molecular weight excluding hydrogens is 524 g/mol. The molecule has 0 bridgehead atoms. The van der Waals surface area contributed by atoms with Gasteiger partial charge in [-0.3, -0.25) is 14.4 Å². The fourth-order valence-electron chi connectivity index (χ4n) is 5.82. The first-order valence-corrected chi connectivity index (χ1v) is 14.1. The number of piperidine rings is 1. The number of rotatable bonds is 7. The summed E-state index contributed by atoms with van der Waals surface area (Å²) in [6, 6.07) is 9.67. The minimum atomic E-state index is -1.08. The standard InChI is InChI=1S/C32H42N2O7/c1-19-10-12-24-23(15-19)29(22-11-13-25(39-6)20(2)28(22)40-7)41-26(30(36)34(24)18-32(3,4)5)16-27(35)33-14-8-9-21(17-33)31(37)38/h10-13,15,21,26,29H,8-9,14,16-18H2,1-7H3,(H,37,38)/t21?,26-,29-/m0/s1. The number of fused-ring (bicyclic) bond motifs is 1. The number of hydrogen-bond donors (Lipinski definition) is 1. The van der Waals surface area contributed by atoms with Crippen molar-refractivity contribution in [2.24, 2.45) is 11.3 Å². The predicted molar refractivity (Wildman–Crippen MR) is 156 cm³/mol. The summed E-state index contributed by atoms with van der Waals surface area (Å²) >= 11 is 0. The SMILES string of the molecule is COc1ccc([C@@H]2O[C@@H](CC(=O)N3CCCC(C(=O)O)C3)C(=O)N(CC(C)(C)C)c3ccc(C)cc32)c(OC)c1C. The molecule has 3 atom stereocenters. The first kappa shape index (κ1) is 30.4. The molecule has 1 unspecified atom stereocenters. The maximum absolute atomic E-state index is 14.2. The number of hydrogen-bond acceptors (Lipinski definition) is 6.